The van der Waals surface area contributed by atoms with E-state index >= 15 is 0 Å². The van der Waals surface area contributed by atoms with Crippen LogP contribution in [-0.2, 0) is 0 Å². The average Bonchev–Trinajstić information content (AvgIpc) is 3.51. The van der Waals surface area contributed by atoms with Crippen molar-refractivity contribution in [3.8, 4) is 22.5 Å². The maximum atomic E-state index is 4.50. The van der Waals surface area contributed by atoms with Crippen LogP contribution in [0.5, 0.6) is 0 Å². The molecule has 5 aromatic carbocycles. The average molecular weight is 486 g/mol. The molecule has 0 amide bonds. The fourth-order valence-electron chi connectivity index (χ4n) is 6.08. The molecule has 0 atom stereocenters. The summed E-state index contributed by atoms with van der Waals surface area (Å²) in [6.45, 7) is 0. The second-order valence-corrected chi connectivity index (χ2v) is 9.65. The summed E-state index contributed by atoms with van der Waals surface area (Å²) in [5, 5.41) is 4.96. The van der Waals surface area contributed by atoms with Crippen molar-refractivity contribution in [3.63, 3.8) is 0 Å². The molecule has 3 nitrogen and oxygen atoms in total. The van der Waals surface area contributed by atoms with Crippen molar-refractivity contribution in [1.29, 1.82) is 0 Å². The number of pyridine rings is 1. The molecule has 8 rings (SSSR count). The second kappa shape index (κ2) is 8.19. The van der Waals surface area contributed by atoms with E-state index in [0.29, 0.717) is 0 Å². The van der Waals surface area contributed by atoms with E-state index in [4.69, 9.17) is 0 Å². The molecule has 0 fully saturated rings. The van der Waals surface area contributed by atoms with Crippen LogP contribution in [0.15, 0.2) is 140 Å². The molecule has 178 valence electrons. The summed E-state index contributed by atoms with van der Waals surface area (Å²) in [4.78, 5) is 4.50. The van der Waals surface area contributed by atoms with E-state index in [0.717, 1.165) is 11.2 Å². The lowest BCUT2D eigenvalue weighted by atomic mass is 9.97. The van der Waals surface area contributed by atoms with E-state index in [1.165, 1.54) is 54.9 Å². The molecule has 0 spiro atoms. The van der Waals surface area contributed by atoms with E-state index in [2.05, 4.69) is 142 Å². The molecule has 0 aliphatic heterocycles. The Morgan fingerprint density at radius 3 is 1.87 bits per heavy atom. The number of aromatic nitrogens is 3. The number of benzene rings is 5. The van der Waals surface area contributed by atoms with E-state index < -0.39 is 0 Å². The van der Waals surface area contributed by atoms with Gasteiger partial charge in [0.25, 0.3) is 0 Å². The fourth-order valence-corrected chi connectivity index (χ4v) is 6.08. The Morgan fingerprint density at radius 1 is 0.421 bits per heavy atom. The molecule has 0 aliphatic rings. The predicted molar refractivity (Wildman–Crippen MR) is 158 cm³/mol. The van der Waals surface area contributed by atoms with Gasteiger partial charge in [-0.3, -0.25) is 4.98 Å². The van der Waals surface area contributed by atoms with E-state index in [1.807, 2.05) is 12.4 Å². The SMILES string of the molecule is c1ccc(-n2c3ccccc3c3c(-c4cccc5c6ccncc6n(-c6ccccc6)c45)cccc32)cc1. The van der Waals surface area contributed by atoms with Gasteiger partial charge >= 0.3 is 0 Å². The van der Waals surface area contributed by atoms with Crippen molar-refractivity contribution in [2.45, 2.75) is 0 Å². The molecule has 0 saturated heterocycles. The van der Waals surface area contributed by atoms with Gasteiger partial charge in [0.1, 0.15) is 0 Å². The molecule has 0 bridgehead atoms. The van der Waals surface area contributed by atoms with Crippen molar-refractivity contribution in [2.75, 3.05) is 0 Å². The molecule has 3 aromatic heterocycles. The van der Waals surface area contributed by atoms with Crippen LogP contribution in [0.2, 0.25) is 0 Å². The number of fused-ring (bicyclic) bond motifs is 6. The van der Waals surface area contributed by atoms with Gasteiger partial charge in [0.15, 0.2) is 0 Å². The molecule has 3 heterocycles. The van der Waals surface area contributed by atoms with Gasteiger partial charge in [-0.2, -0.15) is 0 Å². The molecule has 0 radical (unpaired) electrons. The van der Waals surface area contributed by atoms with E-state index in [9.17, 15) is 0 Å². The van der Waals surface area contributed by atoms with Crippen molar-refractivity contribution >= 4 is 43.6 Å². The Bertz CT molecular complexity index is 2120. The van der Waals surface area contributed by atoms with Gasteiger partial charge in [-0.15, -0.1) is 0 Å². The highest BCUT2D eigenvalue weighted by Gasteiger charge is 2.20. The quantitative estimate of drug-likeness (QED) is 0.245. The highest BCUT2D eigenvalue weighted by Crippen LogP contribution is 2.43. The minimum atomic E-state index is 1.11. The summed E-state index contributed by atoms with van der Waals surface area (Å²) in [5.74, 6) is 0. The maximum absolute atomic E-state index is 4.50. The Labute approximate surface area is 219 Å². The lowest BCUT2D eigenvalue weighted by Crippen LogP contribution is -1.96. The second-order valence-electron chi connectivity index (χ2n) is 9.65. The van der Waals surface area contributed by atoms with Crippen LogP contribution >= 0.6 is 0 Å². The number of nitrogens with zero attached hydrogens (tertiary/aromatic N) is 3. The van der Waals surface area contributed by atoms with Crippen LogP contribution < -0.4 is 0 Å². The Balaban J connectivity index is 1.55. The molecule has 8 aromatic rings. The molecule has 38 heavy (non-hydrogen) atoms. The van der Waals surface area contributed by atoms with Crippen LogP contribution in [0, 0.1) is 0 Å². The van der Waals surface area contributed by atoms with Gasteiger partial charge in [0.05, 0.1) is 28.3 Å². The van der Waals surface area contributed by atoms with Crippen LogP contribution in [-0.4, -0.2) is 14.1 Å². The first-order valence-corrected chi connectivity index (χ1v) is 12.9. The molecule has 0 N–H and O–H groups in total. The first-order valence-electron chi connectivity index (χ1n) is 12.9. The minimum absolute atomic E-state index is 1.11. The Hall–Kier alpha value is -5.15. The molecule has 0 saturated carbocycles. The summed E-state index contributed by atoms with van der Waals surface area (Å²) in [6, 6.07) is 45.5. The van der Waals surface area contributed by atoms with Gasteiger partial charge in [-0.25, -0.2) is 0 Å². The number of rotatable bonds is 3. The van der Waals surface area contributed by atoms with Crippen LogP contribution in [0.3, 0.4) is 0 Å². The molecular formula is C35H23N3. The van der Waals surface area contributed by atoms with Gasteiger partial charge in [-0.05, 0) is 48.0 Å². The van der Waals surface area contributed by atoms with E-state index in [-0.39, 0.29) is 0 Å². The third-order valence-corrected chi connectivity index (χ3v) is 7.61. The molecular weight excluding hydrogens is 462 g/mol. The largest absolute Gasteiger partial charge is 0.309 e. The molecule has 0 unspecified atom stereocenters. The highest BCUT2D eigenvalue weighted by atomic mass is 15.0. The zero-order chi connectivity index (χ0) is 25.1. The third kappa shape index (κ3) is 2.93. The smallest absolute Gasteiger partial charge is 0.0724 e. The summed E-state index contributed by atoms with van der Waals surface area (Å²) >= 11 is 0. The van der Waals surface area contributed by atoms with Gasteiger partial charge in [0, 0.05) is 44.7 Å². The lowest BCUT2D eigenvalue weighted by Gasteiger charge is -2.13. The van der Waals surface area contributed by atoms with Crippen LogP contribution in [0.4, 0.5) is 0 Å². The van der Waals surface area contributed by atoms with Crippen LogP contribution in [0.1, 0.15) is 0 Å². The van der Waals surface area contributed by atoms with Gasteiger partial charge in [-0.1, -0.05) is 84.9 Å². The molecule has 0 aliphatic carbocycles. The zero-order valence-electron chi connectivity index (χ0n) is 20.6. The van der Waals surface area contributed by atoms with Crippen molar-refractivity contribution in [3.05, 3.63) is 140 Å². The van der Waals surface area contributed by atoms with Crippen molar-refractivity contribution in [1.82, 2.24) is 14.1 Å². The van der Waals surface area contributed by atoms with Gasteiger partial charge < -0.3 is 9.13 Å². The summed E-state index contributed by atoms with van der Waals surface area (Å²) in [7, 11) is 0. The number of hydrogen-bond donors (Lipinski definition) is 0. The standard InChI is InChI=1S/C35H23N3/c1-3-11-24(12-4-1)37-31-19-8-7-15-30(31)34-27(16-10-20-32(34)37)29-18-9-17-28-26-21-22-36-23-33(26)38(35(28)29)25-13-5-2-6-14-25/h1-23H. The normalized spacial score (nSPS) is 11.7. The summed E-state index contributed by atoms with van der Waals surface area (Å²) in [6.07, 6.45) is 3.87. The Morgan fingerprint density at radius 2 is 1.05 bits per heavy atom. The van der Waals surface area contributed by atoms with Gasteiger partial charge in [0.2, 0.25) is 0 Å². The minimum Gasteiger partial charge on any atom is -0.309 e. The fraction of sp³-hybridized carbons (Fsp3) is 0. The third-order valence-electron chi connectivity index (χ3n) is 7.61. The van der Waals surface area contributed by atoms with Crippen LogP contribution in [0.25, 0.3) is 66.1 Å². The topological polar surface area (TPSA) is 22.8 Å². The molecule has 3 heteroatoms. The first kappa shape index (κ1) is 21.0. The monoisotopic (exact) mass is 485 g/mol. The van der Waals surface area contributed by atoms with E-state index in [1.54, 1.807) is 0 Å². The number of hydrogen-bond acceptors (Lipinski definition) is 1. The lowest BCUT2D eigenvalue weighted by molar-refractivity contribution is 1.17. The summed E-state index contributed by atoms with van der Waals surface area (Å²) in [5.41, 5.74) is 9.46. The predicted octanol–water partition coefficient (Wildman–Crippen LogP) is 8.94. The highest BCUT2D eigenvalue weighted by molar-refractivity contribution is 6.20. The first-order chi connectivity index (χ1) is 18.9. The van der Waals surface area contributed by atoms with Crippen molar-refractivity contribution in [2.24, 2.45) is 0 Å². The summed E-state index contributed by atoms with van der Waals surface area (Å²) < 4.78 is 4.74. The maximum Gasteiger partial charge on any atom is 0.0724 e. The number of para-hydroxylation sites is 4. The van der Waals surface area contributed by atoms with Crippen molar-refractivity contribution < 1.29 is 0 Å². The zero-order valence-corrected chi connectivity index (χ0v) is 20.6. The Kier molecular flexibility index (Phi) is 4.52.